The minimum Gasteiger partial charge on any atom is -0.480 e. The Morgan fingerprint density at radius 1 is 1.09 bits per heavy atom. The zero-order valence-electron chi connectivity index (χ0n) is 13.2. The Labute approximate surface area is 136 Å². The average molecular weight is 364 g/mol. The van der Waals surface area contributed by atoms with Crippen LogP contribution in [0.5, 0.6) is 0 Å². The van der Waals surface area contributed by atoms with E-state index >= 15 is 0 Å². The highest BCUT2D eigenvalue weighted by Gasteiger charge is 2.32. The van der Waals surface area contributed by atoms with Crippen LogP contribution in [-0.4, -0.2) is 52.4 Å². The fourth-order valence-electron chi connectivity index (χ4n) is 1.78. The molecule has 0 amide bonds. The van der Waals surface area contributed by atoms with E-state index in [1.165, 1.54) is 26.2 Å². The maximum absolute atomic E-state index is 12.5. The summed E-state index contributed by atoms with van der Waals surface area (Å²) in [7, 11) is -5.78. The van der Waals surface area contributed by atoms with Gasteiger partial charge in [0.25, 0.3) is 0 Å². The number of hydrogen-bond acceptors (Lipinski definition) is 5. The van der Waals surface area contributed by atoms with Gasteiger partial charge in [0.1, 0.15) is 15.8 Å². The Hall–Kier alpha value is -1.49. The Kier molecular flexibility index (Phi) is 5.91. The largest absolute Gasteiger partial charge is 0.480 e. The van der Waals surface area contributed by atoms with Crippen molar-refractivity contribution in [2.45, 2.75) is 29.7 Å². The summed E-state index contributed by atoms with van der Waals surface area (Å²) < 4.78 is 52.4. The Morgan fingerprint density at radius 2 is 1.57 bits per heavy atom. The molecule has 0 fully saturated rings. The number of hydrogen-bond donors (Lipinski definition) is 2. The number of carboxylic acids is 1. The molecule has 0 unspecified atom stereocenters. The van der Waals surface area contributed by atoms with Crippen LogP contribution in [0, 0.1) is 5.92 Å². The first-order valence-corrected chi connectivity index (χ1v) is 9.60. The smallest absolute Gasteiger partial charge is 0.322 e. The molecule has 2 N–H and O–H groups in total. The third-order valence-corrected chi connectivity index (χ3v) is 6.61. The molecule has 8 nitrogen and oxygen atoms in total. The monoisotopic (exact) mass is 364 g/mol. The first kappa shape index (κ1) is 19.6. The van der Waals surface area contributed by atoms with E-state index in [4.69, 9.17) is 5.11 Å². The topological polar surface area (TPSA) is 121 Å². The van der Waals surface area contributed by atoms with Crippen molar-refractivity contribution in [2.75, 3.05) is 14.1 Å². The number of nitrogens with zero attached hydrogens (tertiary/aromatic N) is 1. The summed E-state index contributed by atoms with van der Waals surface area (Å²) in [5.41, 5.74) is 0. The average Bonchev–Trinajstić information content (AvgIpc) is 2.44. The van der Waals surface area contributed by atoms with Crippen molar-refractivity contribution in [1.29, 1.82) is 0 Å². The minimum atomic E-state index is -4.33. The molecule has 0 aliphatic carbocycles. The van der Waals surface area contributed by atoms with Gasteiger partial charge < -0.3 is 5.11 Å². The van der Waals surface area contributed by atoms with E-state index in [2.05, 4.69) is 0 Å². The van der Waals surface area contributed by atoms with Gasteiger partial charge >= 0.3 is 5.97 Å². The van der Waals surface area contributed by atoms with Crippen LogP contribution >= 0.6 is 0 Å². The molecule has 0 aliphatic heterocycles. The molecule has 0 saturated heterocycles. The lowest BCUT2D eigenvalue weighted by Gasteiger charge is -2.20. The van der Waals surface area contributed by atoms with Gasteiger partial charge in [-0.15, -0.1) is 0 Å². The van der Waals surface area contributed by atoms with Gasteiger partial charge in [-0.05, 0) is 18.1 Å². The standard InChI is InChI=1S/C13H20N2O6S2/c1-9(2)12(13(16)17)14-22(18,19)10-7-5-6-8-11(10)23(20,21)15(3)4/h5-9,12,14H,1-4H3,(H,16,17)/t12-/m1/s1. The molecule has 0 spiro atoms. The first-order chi connectivity index (χ1) is 10.4. The second kappa shape index (κ2) is 6.95. The molecule has 23 heavy (non-hydrogen) atoms. The van der Waals surface area contributed by atoms with Gasteiger partial charge in [-0.2, -0.15) is 4.72 Å². The third-order valence-electron chi connectivity index (χ3n) is 3.11. The summed E-state index contributed by atoms with van der Waals surface area (Å²) in [4.78, 5) is 10.3. The van der Waals surface area contributed by atoms with Crippen LogP contribution in [-0.2, 0) is 24.8 Å². The number of aliphatic carboxylic acids is 1. The molecule has 0 bridgehead atoms. The van der Waals surface area contributed by atoms with Gasteiger partial charge in [-0.25, -0.2) is 21.1 Å². The molecule has 1 atom stereocenters. The molecule has 1 aromatic rings. The first-order valence-electron chi connectivity index (χ1n) is 6.68. The lowest BCUT2D eigenvalue weighted by atomic mass is 10.1. The van der Waals surface area contributed by atoms with E-state index in [1.807, 2.05) is 4.72 Å². The van der Waals surface area contributed by atoms with Gasteiger partial charge in [-0.3, -0.25) is 4.79 Å². The molecule has 0 aromatic heterocycles. The number of carboxylic acid groups (broad SMARTS) is 1. The van der Waals surface area contributed by atoms with Crippen LogP contribution in [0.3, 0.4) is 0 Å². The lowest BCUT2D eigenvalue weighted by Crippen LogP contribution is -2.44. The Balaban J connectivity index is 3.45. The SMILES string of the molecule is CC(C)[C@@H](NS(=O)(=O)c1ccccc1S(=O)(=O)N(C)C)C(=O)O. The summed E-state index contributed by atoms with van der Waals surface area (Å²) >= 11 is 0. The number of benzene rings is 1. The van der Waals surface area contributed by atoms with Crippen molar-refractivity contribution >= 4 is 26.0 Å². The van der Waals surface area contributed by atoms with Gasteiger partial charge in [0.05, 0.1) is 0 Å². The summed E-state index contributed by atoms with van der Waals surface area (Å²) in [6, 6.07) is 3.68. The Morgan fingerprint density at radius 3 is 1.96 bits per heavy atom. The van der Waals surface area contributed by atoms with Gasteiger partial charge in [0.2, 0.25) is 20.0 Å². The van der Waals surface area contributed by atoms with Gasteiger partial charge in [0.15, 0.2) is 0 Å². The Bertz CT molecular complexity index is 784. The quantitative estimate of drug-likeness (QED) is 0.719. The summed E-state index contributed by atoms with van der Waals surface area (Å²) in [5, 5.41) is 9.12. The summed E-state index contributed by atoms with van der Waals surface area (Å²) in [5.74, 6) is -1.85. The summed E-state index contributed by atoms with van der Waals surface area (Å²) in [6.07, 6.45) is 0. The number of sulfonamides is 2. The molecule has 1 rings (SSSR count). The van der Waals surface area contributed by atoms with Crippen LogP contribution in [0.1, 0.15) is 13.8 Å². The van der Waals surface area contributed by atoms with Crippen LogP contribution in [0.2, 0.25) is 0 Å². The van der Waals surface area contributed by atoms with Crippen molar-refractivity contribution in [1.82, 2.24) is 9.03 Å². The lowest BCUT2D eigenvalue weighted by molar-refractivity contribution is -0.140. The zero-order valence-corrected chi connectivity index (χ0v) is 14.8. The van der Waals surface area contributed by atoms with Crippen LogP contribution in [0.25, 0.3) is 0 Å². The van der Waals surface area contributed by atoms with E-state index in [-0.39, 0.29) is 0 Å². The predicted molar refractivity (Wildman–Crippen MR) is 83.9 cm³/mol. The zero-order chi connectivity index (χ0) is 18.0. The normalized spacial score (nSPS) is 14.2. The van der Waals surface area contributed by atoms with Crippen molar-refractivity contribution < 1.29 is 26.7 Å². The van der Waals surface area contributed by atoms with Gasteiger partial charge in [0, 0.05) is 14.1 Å². The van der Waals surface area contributed by atoms with Crippen LogP contribution in [0.15, 0.2) is 34.1 Å². The highest BCUT2D eigenvalue weighted by atomic mass is 32.2. The molecule has 1 aromatic carbocycles. The molecule has 130 valence electrons. The molecule has 0 radical (unpaired) electrons. The second-order valence-electron chi connectivity index (χ2n) is 5.42. The highest BCUT2D eigenvalue weighted by molar-refractivity contribution is 7.92. The number of carbonyl (C=O) groups is 1. The van der Waals surface area contributed by atoms with Crippen LogP contribution < -0.4 is 4.72 Å². The second-order valence-corrected chi connectivity index (χ2v) is 9.22. The number of nitrogens with one attached hydrogen (secondary N) is 1. The van der Waals surface area contributed by atoms with E-state index in [0.29, 0.717) is 0 Å². The van der Waals surface area contributed by atoms with Crippen molar-refractivity contribution in [2.24, 2.45) is 5.92 Å². The van der Waals surface area contributed by atoms with Crippen molar-refractivity contribution in [3.63, 3.8) is 0 Å². The third kappa shape index (κ3) is 4.28. The minimum absolute atomic E-state index is 0.412. The molecule has 0 heterocycles. The maximum atomic E-state index is 12.5. The van der Waals surface area contributed by atoms with E-state index in [1.54, 1.807) is 13.8 Å². The van der Waals surface area contributed by atoms with Crippen molar-refractivity contribution in [3.05, 3.63) is 24.3 Å². The fraction of sp³-hybridized carbons (Fsp3) is 0.462. The fourth-order valence-corrected chi connectivity index (χ4v) is 4.82. The maximum Gasteiger partial charge on any atom is 0.322 e. The predicted octanol–water partition coefficient (Wildman–Crippen LogP) is 0.324. The molecule has 0 aliphatic rings. The molecule has 0 saturated carbocycles. The molecular weight excluding hydrogens is 344 g/mol. The van der Waals surface area contributed by atoms with Crippen molar-refractivity contribution in [3.8, 4) is 0 Å². The summed E-state index contributed by atoms with van der Waals surface area (Å²) in [6.45, 7) is 3.09. The molecular formula is C13H20N2O6S2. The van der Waals surface area contributed by atoms with Crippen LogP contribution in [0.4, 0.5) is 0 Å². The van der Waals surface area contributed by atoms with E-state index in [9.17, 15) is 21.6 Å². The van der Waals surface area contributed by atoms with Gasteiger partial charge in [-0.1, -0.05) is 26.0 Å². The highest BCUT2D eigenvalue weighted by Crippen LogP contribution is 2.23. The number of rotatable bonds is 7. The molecule has 10 heteroatoms. The van der Waals surface area contributed by atoms with E-state index < -0.39 is 47.8 Å². The van der Waals surface area contributed by atoms with E-state index in [0.717, 1.165) is 16.4 Å².